The van der Waals surface area contributed by atoms with Crippen LogP contribution in [-0.4, -0.2) is 27.0 Å². The van der Waals surface area contributed by atoms with Crippen molar-refractivity contribution in [1.82, 2.24) is 9.97 Å². The molecule has 0 aliphatic carbocycles. The molecule has 0 aliphatic rings. The Kier molecular flexibility index (Phi) is 3.72. The Morgan fingerprint density at radius 2 is 2.00 bits per heavy atom. The quantitative estimate of drug-likeness (QED) is 0.757. The molecular formula is C15H19N3O3. The van der Waals surface area contributed by atoms with Gasteiger partial charge in [0.15, 0.2) is 0 Å². The summed E-state index contributed by atoms with van der Waals surface area (Å²) in [6.45, 7) is 7.52. The Morgan fingerprint density at radius 3 is 2.57 bits per heavy atom. The van der Waals surface area contributed by atoms with E-state index in [-0.39, 0.29) is 5.41 Å². The highest BCUT2D eigenvalue weighted by Crippen LogP contribution is 2.24. The summed E-state index contributed by atoms with van der Waals surface area (Å²) in [6.07, 6.45) is 0. The molecule has 1 aromatic carbocycles. The highest BCUT2D eigenvalue weighted by molar-refractivity contribution is 6.04. The molecule has 0 saturated heterocycles. The molecule has 1 unspecified atom stereocenters. The molecule has 1 heterocycles. The Labute approximate surface area is 122 Å². The lowest BCUT2D eigenvalue weighted by atomic mass is 9.96. The van der Waals surface area contributed by atoms with E-state index in [4.69, 9.17) is 5.11 Å². The average Bonchev–Trinajstić information content (AvgIpc) is 2.80. The van der Waals surface area contributed by atoms with Crippen LogP contribution >= 0.6 is 0 Å². The molecule has 21 heavy (non-hydrogen) atoms. The molecule has 3 N–H and O–H groups in total. The van der Waals surface area contributed by atoms with Crippen LogP contribution in [0.1, 0.15) is 33.5 Å². The Morgan fingerprint density at radius 1 is 1.33 bits per heavy atom. The molecule has 0 saturated carbocycles. The largest absolute Gasteiger partial charge is 0.481 e. The summed E-state index contributed by atoms with van der Waals surface area (Å²) in [5, 5.41) is 11.4. The van der Waals surface area contributed by atoms with E-state index in [0.717, 1.165) is 16.9 Å². The van der Waals surface area contributed by atoms with E-state index in [1.165, 1.54) is 6.92 Å². The molecule has 2 aromatic rings. The second-order valence-corrected chi connectivity index (χ2v) is 6.12. The lowest BCUT2D eigenvalue weighted by Gasteiger charge is -2.13. The first-order valence-electron chi connectivity index (χ1n) is 6.72. The van der Waals surface area contributed by atoms with Crippen molar-refractivity contribution in [1.29, 1.82) is 0 Å². The van der Waals surface area contributed by atoms with Crippen LogP contribution < -0.4 is 5.32 Å². The van der Waals surface area contributed by atoms with Crippen molar-refractivity contribution in [2.24, 2.45) is 5.92 Å². The second-order valence-electron chi connectivity index (χ2n) is 6.12. The Balaban J connectivity index is 2.27. The van der Waals surface area contributed by atoms with Crippen molar-refractivity contribution in [3.63, 3.8) is 0 Å². The average molecular weight is 289 g/mol. The van der Waals surface area contributed by atoms with E-state index >= 15 is 0 Å². The van der Waals surface area contributed by atoms with Crippen LogP contribution in [0.3, 0.4) is 0 Å². The third-order valence-electron chi connectivity index (χ3n) is 3.22. The molecule has 1 atom stereocenters. The van der Waals surface area contributed by atoms with Gasteiger partial charge in [0, 0.05) is 11.1 Å². The van der Waals surface area contributed by atoms with Crippen molar-refractivity contribution < 1.29 is 14.7 Å². The van der Waals surface area contributed by atoms with Crippen molar-refractivity contribution in [3.8, 4) is 0 Å². The van der Waals surface area contributed by atoms with Gasteiger partial charge in [-0.3, -0.25) is 9.59 Å². The topological polar surface area (TPSA) is 95.1 Å². The number of imidazole rings is 1. The number of H-pyrrole nitrogens is 1. The van der Waals surface area contributed by atoms with Gasteiger partial charge in [-0.05, 0) is 25.1 Å². The second kappa shape index (κ2) is 5.20. The molecule has 1 amide bonds. The fourth-order valence-corrected chi connectivity index (χ4v) is 1.81. The summed E-state index contributed by atoms with van der Waals surface area (Å²) in [6, 6.07) is 5.26. The SMILES string of the molecule is CC(C(=O)O)C(=O)Nc1ccc2nc(C(C)(C)C)[nH]c2c1. The molecule has 6 nitrogen and oxygen atoms in total. The number of hydrogen-bond acceptors (Lipinski definition) is 3. The number of aliphatic carboxylic acids is 1. The summed E-state index contributed by atoms with van der Waals surface area (Å²) in [5.41, 5.74) is 2.06. The number of benzene rings is 1. The summed E-state index contributed by atoms with van der Waals surface area (Å²) >= 11 is 0. The van der Waals surface area contributed by atoms with E-state index in [1.54, 1.807) is 18.2 Å². The number of nitrogens with zero attached hydrogens (tertiary/aromatic N) is 1. The number of carbonyl (C=O) groups excluding carboxylic acids is 1. The number of carboxylic acid groups (broad SMARTS) is 1. The number of hydrogen-bond donors (Lipinski definition) is 3. The number of fused-ring (bicyclic) bond motifs is 1. The highest BCUT2D eigenvalue weighted by Gasteiger charge is 2.21. The van der Waals surface area contributed by atoms with Crippen LogP contribution in [0.4, 0.5) is 5.69 Å². The van der Waals surface area contributed by atoms with Crippen molar-refractivity contribution in [2.75, 3.05) is 5.32 Å². The zero-order valence-electron chi connectivity index (χ0n) is 12.5. The molecule has 2 rings (SSSR count). The van der Waals surface area contributed by atoms with E-state index in [1.807, 2.05) is 0 Å². The molecule has 1 aromatic heterocycles. The van der Waals surface area contributed by atoms with Crippen LogP contribution in [-0.2, 0) is 15.0 Å². The number of aromatic nitrogens is 2. The van der Waals surface area contributed by atoms with Crippen molar-refractivity contribution >= 4 is 28.6 Å². The Bertz CT molecular complexity index is 698. The molecule has 0 radical (unpaired) electrons. The van der Waals surface area contributed by atoms with E-state index in [9.17, 15) is 9.59 Å². The number of anilines is 1. The normalized spacial score (nSPS) is 13.1. The van der Waals surface area contributed by atoms with Gasteiger partial charge in [-0.1, -0.05) is 20.8 Å². The van der Waals surface area contributed by atoms with Crippen LogP contribution in [0.2, 0.25) is 0 Å². The highest BCUT2D eigenvalue weighted by atomic mass is 16.4. The number of rotatable bonds is 3. The van der Waals surface area contributed by atoms with Crippen LogP contribution in [0.5, 0.6) is 0 Å². The summed E-state index contributed by atoms with van der Waals surface area (Å²) in [7, 11) is 0. The number of amides is 1. The molecule has 0 spiro atoms. The first kappa shape index (κ1) is 15.0. The van der Waals surface area contributed by atoms with Gasteiger partial charge in [0.1, 0.15) is 11.7 Å². The van der Waals surface area contributed by atoms with Gasteiger partial charge in [-0.15, -0.1) is 0 Å². The minimum absolute atomic E-state index is 0.0970. The summed E-state index contributed by atoms with van der Waals surface area (Å²) in [4.78, 5) is 30.2. The van der Waals surface area contributed by atoms with Gasteiger partial charge >= 0.3 is 5.97 Å². The van der Waals surface area contributed by atoms with E-state index < -0.39 is 17.8 Å². The maximum absolute atomic E-state index is 11.7. The predicted molar refractivity (Wildman–Crippen MR) is 80.2 cm³/mol. The predicted octanol–water partition coefficient (Wildman–Crippen LogP) is 2.52. The maximum Gasteiger partial charge on any atom is 0.315 e. The summed E-state index contributed by atoms with van der Waals surface area (Å²) in [5.74, 6) is -1.92. The molecule has 6 heteroatoms. The number of aromatic amines is 1. The van der Waals surface area contributed by atoms with Crippen molar-refractivity contribution in [2.45, 2.75) is 33.1 Å². The third kappa shape index (κ3) is 3.21. The van der Waals surface area contributed by atoms with Gasteiger partial charge < -0.3 is 15.4 Å². The lowest BCUT2D eigenvalue weighted by Crippen LogP contribution is -2.26. The summed E-state index contributed by atoms with van der Waals surface area (Å²) < 4.78 is 0. The molecule has 0 aliphatic heterocycles. The fraction of sp³-hybridized carbons (Fsp3) is 0.400. The van der Waals surface area contributed by atoms with Gasteiger partial charge in [0.05, 0.1) is 11.0 Å². The van der Waals surface area contributed by atoms with Gasteiger partial charge in [0.25, 0.3) is 0 Å². The molecule has 0 bridgehead atoms. The Hall–Kier alpha value is -2.37. The van der Waals surface area contributed by atoms with Crippen LogP contribution in [0.15, 0.2) is 18.2 Å². The third-order valence-corrected chi connectivity index (χ3v) is 3.22. The number of carbonyl (C=O) groups is 2. The first-order valence-corrected chi connectivity index (χ1v) is 6.72. The number of nitrogens with one attached hydrogen (secondary N) is 2. The molecular weight excluding hydrogens is 270 g/mol. The molecule has 0 fully saturated rings. The van der Waals surface area contributed by atoms with Crippen LogP contribution in [0, 0.1) is 5.92 Å². The van der Waals surface area contributed by atoms with Gasteiger partial charge in [0.2, 0.25) is 5.91 Å². The van der Waals surface area contributed by atoms with E-state index in [2.05, 4.69) is 36.1 Å². The van der Waals surface area contributed by atoms with E-state index in [0.29, 0.717) is 5.69 Å². The number of carboxylic acids is 1. The van der Waals surface area contributed by atoms with Crippen LogP contribution in [0.25, 0.3) is 11.0 Å². The minimum atomic E-state index is -1.15. The first-order chi connectivity index (χ1) is 9.68. The fourth-order valence-electron chi connectivity index (χ4n) is 1.81. The lowest BCUT2D eigenvalue weighted by molar-refractivity contribution is -0.144. The maximum atomic E-state index is 11.7. The van der Waals surface area contributed by atoms with Gasteiger partial charge in [-0.25, -0.2) is 4.98 Å². The van der Waals surface area contributed by atoms with Crippen molar-refractivity contribution in [3.05, 3.63) is 24.0 Å². The zero-order chi connectivity index (χ0) is 15.8. The monoisotopic (exact) mass is 289 g/mol. The standard InChI is InChI=1S/C15H19N3O3/c1-8(13(20)21)12(19)16-9-5-6-10-11(7-9)18-14(17-10)15(2,3)4/h5-8H,1-4H3,(H,16,19)(H,17,18)(H,20,21). The molecule has 112 valence electrons. The zero-order valence-corrected chi connectivity index (χ0v) is 12.5. The smallest absolute Gasteiger partial charge is 0.315 e. The van der Waals surface area contributed by atoms with Gasteiger partial charge in [-0.2, -0.15) is 0 Å². The minimum Gasteiger partial charge on any atom is -0.481 e.